The Kier molecular flexibility index (Phi) is 4.81. The van der Waals surface area contributed by atoms with Crippen molar-refractivity contribution in [3.05, 3.63) is 11.9 Å². The minimum absolute atomic E-state index is 0.150. The lowest BCUT2D eigenvalue weighted by molar-refractivity contribution is 0.149. The van der Waals surface area contributed by atoms with Gasteiger partial charge >= 0.3 is 0 Å². The number of aliphatic hydroxyl groups is 1. The summed E-state index contributed by atoms with van der Waals surface area (Å²) in [6, 6.07) is 0. The maximum Gasteiger partial charge on any atom is 0.134 e. The number of hydrogen-bond donors (Lipinski definition) is 3. The van der Waals surface area contributed by atoms with Gasteiger partial charge in [-0.25, -0.2) is 9.97 Å². The summed E-state index contributed by atoms with van der Waals surface area (Å²) in [7, 11) is 0. The summed E-state index contributed by atoms with van der Waals surface area (Å²) in [6.07, 6.45) is 5.95. The molecule has 0 spiro atoms. The van der Waals surface area contributed by atoms with Crippen molar-refractivity contribution in [1.29, 1.82) is 0 Å². The van der Waals surface area contributed by atoms with Crippen molar-refractivity contribution in [3.63, 3.8) is 0 Å². The average Bonchev–Trinajstić information content (AvgIpc) is 2.43. The van der Waals surface area contributed by atoms with Crippen LogP contribution in [0, 0.1) is 12.8 Å². The molecule has 1 saturated carbocycles. The first kappa shape index (κ1) is 15.0. The summed E-state index contributed by atoms with van der Waals surface area (Å²) >= 11 is 0. The van der Waals surface area contributed by atoms with E-state index in [0.717, 1.165) is 43.0 Å². The highest BCUT2D eigenvalue weighted by Crippen LogP contribution is 2.35. The number of hydrogen-bond acceptors (Lipinski definition) is 5. The molecule has 0 saturated heterocycles. The van der Waals surface area contributed by atoms with Gasteiger partial charge in [-0.3, -0.25) is 0 Å². The molecule has 5 nitrogen and oxygen atoms in total. The summed E-state index contributed by atoms with van der Waals surface area (Å²) in [6.45, 7) is 7.29. The summed E-state index contributed by atoms with van der Waals surface area (Å²) in [5.74, 6) is 2.33. The Morgan fingerprint density at radius 2 is 2.15 bits per heavy atom. The van der Waals surface area contributed by atoms with Crippen molar-refractivity contribution >= 4 is 11.6 Å². The fourth-order valence-corrected chi connectivity index (χ4v) is 3.13. The second-order valence-electron chi connectivity index (χ2n) is 5.99. The molecule has 1 aliphatic carbocycles. The first-order valence-electron chi connectivity index (χ1n) is 7.55. The van der Waals surface area contributed by atoms with Gasteiger partial charge in [0.25, 0.3) is 0 Å². The van der Waals surface area contributed by atoms with Crippen LogP contribution in [-0.2, 0) is 0 Å². The first-order valence-corrected chi connectivity index (χ1v) is 7.55. The van der Waals surface area contributed by atoms with Crippen molar-refractivity contribution < 1.29 is 5.11 Å². The molecule has 2 rings (SSSR count). The van der Waals surface area contributed by atoms with Crippen LogP contribution in [0.25, 0.3) is 0 Å². The zero-order valence-electron chi connectivity index (χ0n) is 12.7. The van der Waals surface area contributed by atoms with E-state index in [4.69, 9.17) is 0 Å². The monoisotopic (exact) mass is 278 g/mol. The molecule has 1 aliphatic rings. The lowest BCUT2D eigenvalue weighted by Crippen LogP contribution is -2.46. The number of aliphatic hydroxyl groups excluding tert-OH is 1. The normalized spacial score (nSPS) is 26.3. The number of rotatable bonds is 5. The summed E-state index contributed by atoms with van der Waals surface area (Å²) < 4.78 is 0. The van der Waals surface area contributed by atoms with Crippen LogP contribution in [0.3, 0.4) is 0 Å². The maximum absolute atomic E-state index is 9.86. The van der Waals surface area contributed by atoms with Gasteiger partial charge in [0, 0.05) is 12.1 Å². The number of aromatic nitrogens is 2. The zero-order valence-corrected chi connectivity index (χ0v) is 12.7. The van der Waals surface area contributed by atoms with Gasteiger partial charge in [0.05, 0.1) is 12.1 Å². The quantitative estimate of drug-likeness (QED) is 0.772. The standard InChI is InChI=1S/C15H26N4O/c1-4-16-13-12(3)14(18-10-17-13)19-15(9-20)7-5-6-11(2)8-15/h10-11,20H,4-9H2,1-3H3,(H2,16,17,18,19). The molecule has 3 N–H and O–H groups in total. The molecule has 0 radical (unpaired) electrons. The van der Waals surface area contributed by atoms with E-state index in [1.165, 1.54) is 6.42 Å². The zero-order chi connectivity index (χ0) is 14.6. The van der Waals surface area contributed by atoms with Crippen molar-refractivity contribution in [1.82, 2.24) is 9.97 Å². The van der Waals surface area contributed by atoms with Crippen LogP contribution in [0.1, 0.15) is 45.1 Å². The number of nitrogens with one attached hydrogen (secondary N) is 2. The Morgan fingerprint density at radius 3 is 2.80 bits per heavy atom. The molecular formula is C15H26N4O. The Hall–Kier alpha value is -1.36. The van der Waals surface area contributed by atoms with Crippen molar-refractivity contribution in [2.24, 2.45) is 5.92 Å². The van der Waals surface area contributed by atoms with Gasteiger partial charge in [0.2, 0.25) is 0 Å². The Morgan fingerprint density at radius 1 is 1.40 bits per heavy atom. The molecule has 2 atom stereocenters. The van der Waals surface area contributed by atoms with Gasteiger partial charge in [-0.15, -0.1) is 0 Å². The van der Waals surface area contributed by atoms with Crippen LogP contribution in [0.15, 0.2) is 6.33 Å². The first-order chi connectivity index (χ1) is 9.60. The Labute approximate surface area is 121 Å². The lowest BCUT2D eigenvalue weighted by Gasteiger charge is -2.40. The smallest absolute Gasteiger partial charge is 0.134 e. The third kappa shape index (κ3) is 3.20. The van der Waals surface area contributed by atoms with Gasteiger partial charge in [-0.1, -0.05) is 19.8 Å². The van der Waals surface area contributed by atoms with Crippen LogP contribution in [0.5, 0.6) is 0 Å². The van der Waals surface area contributed by atoms with Gasteiger partial charge in [-0.05, 0) is 32.6 Å². The summed E-state index contributed by atoms with van der Waals surface area (Å²) in [5, 5.41) is 16.6. The minimum atomic E-state index is -0.236. The van der Waals surface area contributed by atoms with Crippen LogP contribution >= 0.6 is 0 Å². The molecule has 20 heavy (non-hydrogen) atoms. The van der Waals surface area contributed by atoms with E-state index in [-0.39, 0.29) is 12.1 Å². The molecule has 5 heteroatoms. The average molecular weight is 278 g/mol. The lowest BCUT2D eigenvalue weighted by atomic mass is 9.77. The van der Waals surface area contributed by atoms with E-state index < -0.39 is 0 Å². The van der Waals surface area contributed by atoms with Crippen LogP contribution in [0.4, 0.5) is 11.6 Å². The Balaban J connectivity index is 2.21. The second-order valence-corrected chi connectivity index (χ2v) is 5.99. The SMILES string of the molecule is CCNc1ncnc(NC2(CO)CCCC(C)C2)c1C. The third-order valence-electron chi connectivity index (χ3n) is 4.21. The number of nitrogens with zero attached hydrogens (tertiary/aromatic N) is 2. The molecule has 0 amide bonds. The van der Waals surface area contributed by atoms with E-state index in [1.807, 2.05) is 13.8 Å². The van der Waals surface area contributed by atoms with Crippen molar-refractivity contribution in [2.45, 2.75) is 52.0 Å². The second kappa shape index (κ2) is 6.39. The molecular weight excluding hydrogens is 252 g/mol. The predicted molar refractivity (Wildman–Crippen MR) is 82.0 cm³/mol. The van der Waals surface area contributed by atoms with Crippen molar-refractivity contribution in [2.75, 3.05) is 23.8 Å². The highest BCUT2D eigenvalue weighted by Gasteiger charge is 2.35. The van der Waals surface area contributed by atoms with Gasteiger partial charge in [0.15, 0.2) is 0 Å². The molecule has 1 aromatic heterocycles. The van der Waals surface area contributed by atoms with E-state index in [1.54, 1.807) is 6.33 Å². The maximum atomic E-state index is 9.86. The molecule has 112 valence electrons. The largest absolute Gasteiger partial charge is 0.394 e. The summed E-state index contributed by atoms with van der Waals surface area (Å²) in [4.78, 5) is 8.62. The molecule has 0 bridgehead atoms. The topological polar surface area (TPSA) is 70.1 Å². The van der Waals surface area contributed by atoms with Gasteiger partial charge in [0.1, 0.15) is 18.0 Å². The molecule has 1 fully saturated rings. The predicted octanol–water partition coefficient (Wildman–Crippen LogP) is 2.57. The van der Waals surface area contributed by atoms with Crippen LogP contribution < -0.4 is 10.6 Å². The molecule has 1 aromatic rings. The summed E-state index contributed by atoms with van der Waals surface area (Å²) in [5.41, 5.74) is 0.778. The molecule has 0 aromatic carbocycles. The number of anilines is 2. The molecule has 1 heterocycles. The van der Waals surface area contributed by atoms with Crippen LogP contribution in [0.2, 0.25) is 0 Å². The highest BCUT2D eigenvalue weighted by molar-refractivity contribution is 5.57. The Bertz CT molecular complexity index is 451. The van der Waals surface area contributed by atoms with Crippen molar-refractivity contribution in [3.8, 4) is 0 Å². The van der Waals surface area contributed by atoms with Gasteiger partial charge < -0.3 is 15.7 Å². The third-order valence-corrected chi connectivity index (χ3v) is 4.21. The van der Waals surface area contributed by atoms with Gasteiger partial charge in [-0.2, -0.15) is 0 Å². The fourth-order valence-electron chi connectivity index (χ4n) is 3.13. The highest BCUT2D eigenvalue weighted by atomic mass is 16.3. The van der Waals surface area contributed by atoms with E-state index in [9.17, 15) is 5.11 Å². The minimum Gasteiger partial charge on any atom is -0.394 e. The van der Waals surface area contributed by atoms with E-state index in [0.29, 0.717) is 5.92 Å². The van der Waals surface area contributed by atoms with E-state index >= 15 is 0 Å². The fraction of sp³-hybridized carbons (Fsp3) is 0.733. The molecule has 2 unspecified atom stereocenters. The van der Waals surface area contributed by atoms with Crippen LogP contribution in [-0.4, -0.2) is 33.8 Å². The van der Waals surface area contributed by atoms with E-state index in [2.05, 4.69) is 27.5 Å². The molecule has 0 aliphatic heterocycles.